The number of aryl methyl sites for hydroxylation is 1. The van der Waals surface area contributed by atoms with Gasteiger partial charge in [0.25, 0.3) is 0 Å². The normalized spacial score (nSPS) is 18.2. The molecule has 1 fully saturated rings. The van der Waals surface area contributed by atoms with Crippen LogP contribution < -0.4 is 5.32 Å². The zero-order valence-electron chi connectivity index (χ0n) is 15.3. The van der Waals surface area contributed by atoms with E-state index in [0.717, 1.165) is 28.5 Å². The Kier molecular flexibility index (Phi) is 6.16. The summed E-state index contributed by atoms with van der Waals surface area (Å²) in [6, 6.07) is 4.88. The SMILES string of the molecule is CN=C(NCc1cc(F)ccc1SC)N1CCOC(c2cnn(C)c2)C1. The Hall–Kier alpha value is -2.06. The van der Waals surface area contributed by atoms with Gasteiger partial charge in [-0.05, 0) is 30.0 Å². The molecule has 0 saturated carbocycles. The number of guanidine groups is 1. The minimum atomic E-state index is -0.224. The molecule has 1 atom stereocenters. The highest BCUT2D eigenvalue weighted by molar-refractivity contribution is 7.98. The Balaban J connectivity index is 1.66. The fraction of sp³-hybridized carbons (Fsp3) is 0.444. The third kappa shape index (κ3) is 4.37. The summed E-state index contributed by atoms with van der Waals surface area (Å²) in [5, 5.41) is 7.57. The third-order valence-corrected chi connectivity index (χ3v) is 5.19. The first-order chi connectivity index (χ1) is 12.6. The molecule has 2 heterocycles. The van der Waals surface area contributed by atoms with Gasteiger partial charge in [0.05, 0.1) is 19.3 Å². The molecule has 26 heavy (non-hydrogen) atoms. The second-order valence-electron chi connectivity index (χ2n) is 6.11. The van der Waals surface area contributed by atoms with Gasteiger partial charge in [-0.3, -0.25) is 9.67 Å². The van der Waals surface area contributed by atoms with Gasteiger partial charge in [0.1, 0.15) is 11.9 Å². The lowest BCUT2D eigenvalue weighted by molar-refractivity contribution is -0.00805. The summed E-state index contributed by atoms with van der Waals surface area (Å²) in [5.74, 6) is 0.566. The Bertz CT molecular complexity index is 779. The van der Waals surface area contributed by atoms with E-state index in [9.17, 15) is 4.39 Å². The first-order valence-corrected chi connectivity index (χ1v) is 9.71. The van der Waals surface area contributed by atoms with Crippen molar-refractivity contribution in [1.29, 1.82) is 0 Å². The Labute approximate surface area is 157 Å². The molecule has 0 amide bonds. The topological polar surface area (TPSA) is 54.7 Å². The van der Waals surface area contributed by atoms with Crippen LogP contribution in [0.2, 0.25) is 0 Å². The molecule has 1 N–H and O–H groups in total. The van der Waals surface area contributed by atoms with Crippen LogP contribution in [0.25, 0.3) is 0 Å². The van der Waals surface area contributed by atoms with Crippen LogP contribution in [-0.2, 0) is 18.3 Å². The van der Waals surface area contributed by atoms with Crippen molar-refractivity contribution < 1.29 is 9.13 Å². The molecule has 140 valence electrons. The van der Waals surface area contributed by atoms with Gasteiger partial charge in [0, 0.05) is 43.8 Å². The Morgan fingerprint density at radius 1 is 1.50 bits per heavy atom. The number of aliphatic imine (C=N–C) groups is 1. The van der Waals surface area contributed by atoms with Gasteiger partial charge >= 0.3 is 0 Å². The Morgan fingerprint density at radius 3 is 3.04 bits per heavy atom. The highest BCUT2D eigenvalue weighted by Crippen LogP contribution is 2.23. The molecule has 8 heteroatoms. The van der Waals surface area contributed by atoms with Crippen molar-refractivity contribution in [2.75, 3.05) is 33.0 Å². The lowest BCUT2D eigenvalue weighted by Gasteiger charge is -2.34. The summed E-state index contributed by atoms with van der Waals surface area (Å²) in [4.78, 5) is 7.62. The van der Waals surface area contributed by atoms with Crippen molar-refractivity contribution in [3.8, 4) is 0 Å². The average molecular weight is 377 g/mol. The maximum atomic E-state index is 13.6. The largest absolute Gasteiger partial charge is 0.370 e. The molecule has 0 aliphatic carbocycles. The number of benzene rings is 1. The van der Waals surface area contributed by atoms with Crippen LogP contribution in [0.3, 0.4) is 0 Å². The molecule has 0 bridgehead atoms. The van der Waals surface area contributed by atoms with Crippen molar-refractivity contribution in [3.63, 3.8) is 0 Å². The molecule has 1 aliphatic heterocycles. The second-order valence-corrected chi connectivity index (χ2v) is 6.96. The van der Waals surface area contributed by atoms with E-state index in [1.54, 1.807) is 29.6 Å². The van der Waals surface area contributed by atoms with E-state index in [1.165, 1.54) is 6.07 Å². The molecule has 0 radical (unpaired) electrons. The van der Waals surface area contributed by atoms with Crippen molar-refractivity contribution in [2.24, 2.45) is 12.0 Å². The van der Waals surface area contributed by atoms with Crippen molar-refractivity contribution in [1.82, 2.24) is 20.0 Å². The van der Waals surface area contributed by atoms with Crippen molar-refractivity contribution in [3.05, 3.63) is 47.5 Å². The number of nitrogens with zero attached hydrogens (tertiary/aromatic N) is 4. The summed E-state index contributed by atoms with van der Waals surface area (Å²) in [5.41, 5.74) is 1.98. The summed E-state index contributed by atoms with van der Waals surface area (Å²) in [7, 11) is 3.66. The highest BCUT2D eigenvalue weighted by Gasteiger charge is 2.25. The zero-order chi connectivity index (χ0) is 18.5. The standard InChI is InChI=1S/C18H24FN5OS/c1-20-18(21-9-13-8-15(19)4-5-17(13)26-3)24-6-7-25-16(12-24)14-10-22-23(2)11-14/h4-5,8,10-11,16H,6-7,9,12H2,1-3H3,(H,20,21). The summed E-state index contributed by atoms with van der Waals surface area (Å²) in [6.45, 7) is 2.60. The molecule has 6 nitrogen and oxygen atoms in total. The molecule has 0 spiro atoms. The molecule has 1 unspecified atom stereocenters. The average Bonchev–Trinajstić information content (AvgIpc) is 3.09. The summed E-state index contributed by atoms with van der Waals surface area (Å²) >= 11 is 1.61. The fourth-order valence-corrected chi connectivity index (χ4v) is 3.64. The first-order valence-electron chi connectivity index (χ1n) is 8.49. The zero-order valence-corrected chi connectivity index (χ0v) is 16.1. The van der Waals surface area contributed by atoms with Crippen LogP contribution in [0.4, 0.5) is 4.39 Å². The first kappa shape index (κ1) is 18.7. The lowest BCUT2D eigenvalue weighted by atomic mass is 10.1. The number of halogens is 1. The van der Waals surface area contributed by atoms with Gasteiger partial charge < -0.3 is 15.0 Å². The maximum Gasteiger partial charge on any atom is 0.194 e. The molecule has 1 aliphatic rings. The Morgan fingerprint density at radius 2 is 2.35 bits per heavy atom. The monoisotopic (exact) mass is 377 g/mol. The summed E-state index contributed by atoms with van der Waals surface area (Å²) < 4.78 is 21.2. The van der Waals surface area contributed by atoms with E-state index in [4.69, 9.17) is 4.74 Å². The van der Waals surface area contributed by atoms with Crippen LogP contribution in [0, 0.1) is 5.82 Å². The van der Waals surface area contributed by atoms with Crippen LogP contribution in [0.1, 0.15) is 17.2 Å². The van der Waals surface area contributed by atoms with Crippen LogP contribution >= 0.6 is 11.8 Å². The number of hydrogen-bond donors (Lipinski definition) is 1. The van der Waals surface area contributed by atoms with Gasteiger partial charge in [0.2, 0.25) is 0 Å². The van der Waals surface area contributed by atoms with Crippen LogP contribution in [0.5, 0.6) is 0 Å². The van der Waals surface area contributed by atoms with E-state index in [1.807, 2.05) is 31.8 Å². The van der Waals surface area contributed by atoms with Gasteiger partial charge in [-0.25, -0.2) is 4.39 Å². The molecule has 1 saturated heterocycles. The predicted octanol–water partition coefficient (Wildman–Crippen LogP) is 2.43. The van der Waals surface area contributed by atoms with Gasteiger partial charge in [0.15, 0.2) is 5.96 Å². The van der Waals surface area contributed by atoms with E-state index in [2.05, 4.69) is 20.3 Å². The number of morpholine rings is 1. The third-order valence-electron chi connectivity index (χ3n) is 4.35. The maximum absolute atomic E-state index is 13.6. The minimum absolute atomic E-state index is 0.0353. The van der Waals surface area contributed by atoms with Gasteiger partial charge in [-0.2, -0.15) is 5.10 Å². The molecular weight excluding hydrogens is 353 g/mol. The number of aromatic nitrogens is 2. The quantitative estimate of drug-likeness (QED) is 0.504. The minimum Gasteiger partial charge on any atom is -0.370 e. The van der Waals surface area contributed by atoms with Crippen LogP contribution in [0.15, 0.2) is 40.5 Å². The fourth-order valence-electron chi connectivity index (χ4n) is 3.04. The van der Waals surface area contributed by atoms with Crippen molar-refractivity contribution in [2.45, 2.75) is 17.5 Å². The number of thioether (sulfide) groups is 1. The molecule has 3 rings (SSSR count). The van der Waals surface area contributed by atoms with E-state index < -0.39 is 0 Å². The van der Waals surface area contributed by atoms with Crippen molar-refractivity contribution >= 4 is 17.7 Å². The van der Waals surface area contributed by atoms with E-state index >= 15 is 0 Å². The number of rotatable bonds is 4. The molecule has 1 aromatic carbocycles. The molecular formula is C18H24FN5OS. The lowest BCUT2D eigenvalue weighted by Crippen LogP contribution is -2.47. The second kappa shape index (κ2) is 8.55. The van der Waals surface area contributed by atoms with Gasteiger partial charge in [-0.15, -0.1) is 11.8 Å². The van der Waals surface area contributed by atoms with Crippen LogP contribution in [-0.4, -0.2) is 53.6 Å². The predicted molar refractivity (Wildman–Crippen MR) is 102 cm³/mol. The highest BCUT2D eigenvalue weighted by atomic mass is 32.2. The van der Waals surface area contributed by atoms with E-state index in [0.29, 0.717) is 19.7 Å². The van der Waals surface area contributed by atoms with Gasteiger partial charge in [-0.1, -0.05) is 0 Å². The molecule has 1 aromatic heterocycles. The number of hydrogen-bond acceptors (Lipinski definition) is 4. The smallest absolute Gasteiger partial charge is 0.194 e. The summed E-state index contributed by atoms with van der Waals surface area (Å²) in [6.07, 6.45) is 5.77. The number of ether oxygens (including phenoxy) is 1. The van der Waals surface area contributed by atoms with E-state index in [-0.39, 0.29) is 11.9 Å². The molecule has 2 aromatic rings. The number of nitrogens with one attached hydrogen (secondary N) is 1.